The zero-order valence-corrected chi connectivity index (χ0v) is 24.2. The molecule has 1 aromatic heterocycles. The van der Waals surface area contributed by atoms with Gasteiger partial charge in [0.15, 0.2) is 5.84 Å². The van der Waals surface area contributed by atoms with Gasteiger partial charge in [-0.25, -0.2) is 15.0 Å². The number of aryl methyl sites for hydroxylation is 1. The van der Waals surface area contributed by atoms with E-state index in [4.69, 9.17) is 10.7 Å². The van der Waals surface area contributed by atoms with Crippen LogP contribution in [0.1, 0.15) is 53.5 Å². The van der Waals surface area contributed by atoms with Gasteiger partial charge in [0, 0.05) is 38.3 Å². The molecule has 9 heteroatoms. The summed E-state index contributed by atoms with van der Waals surface area (Å²) in [6, 6.07) is 13.8. The summed E-state index contributed by atoms with van der Waals surface area (Å²) in [4.78, 5) is 31.4. The molecule has 0 unspecified atom stereocenters. The van der Waals surface area contributed by atoms with Crippen LogP contribution in [0.2, 0.25) is 0 Å². The number of anilines is 2. The number of nitrogens with one attached hydrogen (secondary N) is 2. The molecule has 4 rings (SSSR count). The van der Waals surface area contributed by atoms with Crippen molar-refractivity contribution in [1.29, 1.82) is 0 Å². The molecule has 0 aliphatic carbocycles. The Balaban J connectivity index is 1.53. The maximum Gasteiger partial charge on any atom is 0.251 e. The summed E-state index contributed by atoms with van der Waals surface area (Å²) in [6.07, 6.45) is 3.25. The van der Waals surface area contributed by atoms with E-state index in [0.717, 1.165) is 37.3 Å². The molecule has 0 bridgehead atoms. The van der Waals surface area contributed by atoms with Crippen LogP contribution >= 0.6 is 0 Å². The highest BCUT2D eigenvalue weighted by atomic mass is 16.1. The Bertz CT molecular complexity index is 1380. The van der Waals surface area contributed by atoms with Crippen molar-refractivity contribution in [3.63, 3.8) is 0 Å². The molecule has 1 amide bonds. The fourth-order valence-electron chi connectivity index (χ4n) is 4.40. The molecule has 2 heterocycles. The number of benzene rings is 2. The van der Waals surface area contributed by atoms with Gasteiger partial charge in [-0.1, -0.05) is 57.7 Å². The number of nitrogens with zero attached hydrogens (tertiary/aromatic N) is 5. The fourth-order valence-corrected chi connectivity index (χ4v) is 4.40. The Morgan fingerprint density at radius 3 is 2.48 bits per heavy atom. The lowest BCUT2D eigenvalue weighted by molar-refractivity contribution is 0.0951. The third kappa shape index (κ3) is 7.04. The van der Waals surface area contributed by atoms with E-state index in [1.165, 1.54) is 5.56 Å². The van der Waals surface area contributed by atoms with Crippen molar-refractivity contribution in [2.75, 3.05) is 43.4 Å². The van der Waals surface area contributed by atoms with Crippen LogP contribution in [0.25, 0.3) is 0 Å². The van der Waals surface area contributed by atoms with E-state index >= 15 is 0 Å². The summed E-state index contributed by atoms with van der Waals surface area (Å²) in [5.74, 6) is 0.654. The first-order chi connectivity index (χ1) is 19.0. The van der Waals surface area contributed by atoms with E-state index in [-0.39, 0.29) is 17.2 Å². The Kier molecular flexibility index (Phi) is 8.84. The molecule has 40 heavy (non-hydrogen) atoms. The largest absolute Gasteiger partial charge is 0.382 e. The molecule has 0 atom stereocenters. The van der Waals surface area contributed by atoms with E-state index < -0.39 is 0 Å². The van der Waals surface area contributed by atoms with E-state index in [2.05, 4.69) is 89.1 Å². The number of rotatable bonds is 8. The standard InChI is InChI=1S/C31H40N8O/c1-7-33-26-20-35-30(39-16-14-38(6)15-17-39)37-27(26)28(32)36-25-18-23(11-8-21(25)2)29(40)34-19-22-9-12-24(13-10-22)31(3,4)5/h7-13,18,20,33H,1,14-17,19H2,2-6H3,(H2,32,36)(H,34,40). The second-order valence-corrected chi connectivity index (χ2v) is 11.2. The summed E-state index contributed by atoms with van der Waals surface area (Å²) < 4.78 is 0. The van der Waals surface area contributed by atoms with E-state index in [1.807, 2.05) is 13.0 Å². The van der Waals surface area contributed by atoms with Gasteiger partial charge in [0.05, 0.1) is 17.6 Å². The molecule has 0 radical (unpaired) electrons. The third-order valence-corrected chi connectivity index (χ3v) is 7.05. The molecule has 2 aromatic carbocycles. The number of aromatic nitrogens is 2. The summed E-state index contributed by atoms with van der Waals surface area (Å²) in [6.45, 7) is 16.2. The van der Waals surface area contributed by atoms with Crippen LogP contribution in [0, 0.1) is 6.92 Å². The number of carbonyl (C=O) groups excluding carboxylic acids is 1. The number of piperazine rings is 1. The quantitative estimate of drug-likeness (QED) is 0.288. The van der Waals surface area contributed by atoms with Gasteiger partial charge in [-0.05, 0) is 54.4 Å². The monoisotopic (exact) mass is 540 g/mol. The van der Waals surface area contributed by atoms with Gasteiger partial charge in [0.2, 0.25) is 5.95 Å². The number of carbonyl (C=O) groups is 1. The third-order valence-electron chi connectivity index (χ3n) is 7.05. The molecule has 1 fully saturated rings. The molecule has 1 aliphatic heterocycles. The van der Waals surface area contributed by atoms with Gasteiger partial charge in [-0.3, -0.25) is 4.79 Å². The second-order valence-electron chi connectivity index (χ2n) is 11.2. The van der Waals surface area contributed by atoms with Gasteiger partial charge >= 0.3 is 0 Å². The molecule has 1 saturated heterocycles. The summed E-state index contributed by atoms with van der Waals surface area (Å²) in [7, 11) is 2.10. The van der Waals surface area contributed by atoms with Crippen LogP contribution in [-0.2, 0) is 12.0 Å². The number of likely N-dealkylation sites (N-methyl/N-ethyl adjacent to an activating group) is 1. The second kappa shape index (κ2) is 12.3. The predicted molar refractivity (Wildman–Crippen MR) is 163 cm³/mol. The van der Waals surface area contributed by atoms with Crippen molar-refractivity contribution >= 4 is 29.1 Å². The van der Waals surface area contributed by atoms with Crippen LogP contribution in [0.3, 0.4) is 0 Å². The molecule has 1 aliphatic rings. The highest BCUT2D eigenvalue weighted by molar-refractivity contribution is 6.03. The lowest BCUT2D eigenvalue weighted by Gasteiger charge is -2.32. The van der Waals surface area contributed by atoms with Crippen molar-refractivity contribution in [3.05, 3.63) is 89.4 Å². The zero-order valence-electron chi connectivity index (χ0n) is 24.2. The number of amides is 1. The first-order valence-electron chi connectivity index (χ1n) is 13.6. The van der Waals surface area contributed by atoms with Crippen molar-refractivity contribution in [1.82, 2.24) is 20.2 Å². The summed E-state index contributed by atoms with van der Waals surface area (Å²) in [5, 5.41) is 6.06. The van der Waals surface area contributed by atoms with E-state index in [0.29, 0.717) is 35.1 Å². The maximum absolute atomic E-state index is 13.0. The van der Waals surface area contributed by atoms with Crippen LogP contribution in [0.15, 0.2) is 66.4 Å². The number of hydrogen-bond acceptors (Lipinski definition) is 7. The Morgan fingerprint density at radius 2 is 1.82 bits per heavy atom. The number of nitrogens with two attached hydrogens (primary N) is 1. The van der Waals surface area contributed by atoms with Crippen molar-refractivity contribution in [2.24, 2.45) is 10.7 Å². The number of amidine groups is 1. The normalized spacial score (nSPS) is 14.6. The van der Waals surface area contributed by atoms with Gasteiger partial charge in [-0.15, -0.1) is 0 Å². The smallest absolute Gasteiger partial charge is 0.251 e. The average molecular weight is 541 g/mol. The SMILES string of the molecule is C=CNc1cnc(N2CCN(C)CC2)nc1C(N)=Nc1cc(C(=O)NCc2ccc(C(C)(C)C)cc2)ccc1C. The van der Waals surface area contributed by atoms with E-state index in [9.17, 15) is 4.79 Å². The highest BCUT2D eigenvalue weighted by Gasteiger charge is 2.20. The van der Waals surface area contributed by atoms with Crippen LogP contribution in [0.4, 0.5) is 17.3 Å². The Labute approximate surface area is 237 Å². The fraction of sp³-hybridized carbons (Fsp3) is 0.355. The van der Waals surface area contributed by atoms with Crippen LogP contribution < -0.4 is 21.3 Å². The van der Waals surface area contributed by atoms with Gasteiger partial charge in [0.25, 0.3) is 5.91 Å². The minimum Gasteiger partial charge on any atom is -0.382 e. The molecule has 0 saturated carbocycles. The molecule has 9 nitrogen and oxygen atoms in total. The minimum absolute atomic E-state index is 0.0862. The molecule has 3 aromatic rings. The minimum atomic E-state index is -0.177. The van der Waals surface area contributed by atoms with Crippen molar-refractivity contribution < 1.29 is 4.79 Å². The molecular formula is C31H40N8O. The van der Waals surface area contributed by atoms with Crippen molar-refractivity contribution in [2.45, 2.75) is 39.7 Å². The Morgan fingerprint density at radius 1 is 1.12 bits per heavy atom. The molecule has 210 valence electrons. The number of aliphatic imine (C=N–C) groups is 1. The lowest BCUT2D eigenvalue weighted by Crippen LogP contribution is -2.45. The lowest BCUT2D eigenvalue weighted by atomic mass is 9.87. The van der Waals surface area contributed by atoms with Gasteiger partial charge in [-0.2, -0.15) is 0 Å². The van der Waals surface area contributed by atoms with Crippen LogP contribution in [0.5, 0.6) is 0 Å². The molecular weight excluding hydrogens is 500 g/mol. The van der Waals surface area contributed by atoms with Crippen molar-refractivity contribution in [3.8, 4) is 0 Å². The first-order valence-corrected chi connectivity index (χ1v) is 13.6. The molecule has 0 spiro atoms. The van der Waals surface area contributed by atoms with Gasteiger partial charge < -0.3 is 26.2 Å². The Hall–Kier alpha value is -4.24. The van der Waals surface area contributed by atoms with E-state index in [1.54, 1.807) is 24.5 Å². The number of hydrogen-bond donors (Lipinski definition) is 3. The van der Waals surface area contributed by atoms with Crippen LogP contribution in [-0.4, -0.2) is 59.8 Å². The maximum atomic E-state index is 13.0. The molecule has 4 N–H and O–H groups in total. The highest BCUT2D eigenvalue weighted by Crippen LogP contribution is 2.24. The zero-order chi connectivity index (χ0) is 28.9. The topological polar surface area (TPSA) is 112 Å². The summed E-state index contributed by atoms with van der Waals surface area (Å²) in [5.41, 5.74) is 12.0. The predicted octanol–water partition coefficient (Wildman–Crippen LogP) is 4.36. The first kappa shape index (κ1) is 28.8. The summed E-state index contributed by atoms with van der Waals surface area (Å²) >= 11 is 0. The average Bonchev–Trinajstić information content (AvgIpc) is 2.93. The van der Waals surface area contributed by atoms with Gasteiger partial charge in [0.1, 0.15) is 5.69 Å².